The van der Waals surface area contributed by atoms with E-state index in [9.17, 15) is 9.59 Å². The van der Waals surface area contributed by atoms with Crippen LogP contribution in [0, 0.1) is 25.6 Å². The highest BCUT2D eigenvalue weighted by molar-refractivity contribution is 5.84. The number of ketones is 1. The molecule has 3 aliphatic rings. The molecule has 14 heteroatoms. The van der Waals surface area contributed by atoms with Gasteiger partial charge in [0, 0.05) is 105 Å². The number of benzene rings is 1. The molecular formula is C48H66FN7O6. The normalized spacial score (nSPS) is 18.1. The molecule has 0 bridgehead atoms. The number of pyridine rings is 3. The van der Waals surface area contributed by atoms with Gasteiger partial charge in [0.15, 0.2) is 5.43 Å². The first-order valence-electron chi connectivity index (χ1n) is 22.7. The zero-order valence-corrected chi connectivity index (χ0v) is 36.8. The molecule has 1 saturated carbocycles. The molecule has 13 nitrogen and oxygen atoms in total. The van der Waals surface area contributed by atoms with Gasteiger partial charge in [0.05, 0.1) is 75.9 Å². The maximum absolute atomic E-state index is 16.2. The number of carbonyl (C=O) groups is 1. The third-order valence-corrected chi connectivity index (χ3v) is 12.4. The lowest BCUT2D eigenvalue weighted by Gasteiger charge is -2.40. The fraction of sp³-hybridized carbons (Fsp3) is 0.583. The van der Waals surface area contributed by atoms with Crippen molar-refractivity contribution in [2.75, 3.05) is 95.4 Å². The van der Waals surface area contributed by atoms with E-state index in [1.54, 1.807) is 0 Å². The van der Waals surface area contributed by atoms with Gasteiger partial charge in [-0.3, -0.25) is 24.5 Å². The summed E-state index contributed by atoms with van der Waals surface area (Å²) in [6.07, 6.45) is 12.5. The van der Waals surface area contributed by atoms with Gasteiger partial charge in [-0.15, -0.1) is 0 Å². The Hall–Kier alpha value is -4.31. The van der Waals surface area contributed by atoms with Crippen molar-refractivity contribution in [1.29, 1.82) is 0 Å². The van der Waals surface area contributed by atoms with E-state index in [0.717, 1.165) is 79.8 Å². The number of hydrogen-bond donors (Lipinski definition) is 1. The minimum atomic E-state index is -0.369. The molecule has 0 radical (unpaired) electrons. The van der Waals surface area contributed by atoms with Gasteiger partial charge in [0.1, 0.15) is 11.6 Å². The van der Waals surface area contributed by atoms with Crippen LogP contribution < -0.4 is 21.0 Å². The van der Waals surface area contributed by atoms with Crippen LogP contribution in [0.4, 0.5) is 15.8 Å². The van der Waals surface area contributed by atoms with E-state index in [1.165, 1.54) is 6.07 Å². The second-order valence-corrected chi connectivity index (χ2v) is 17.2. The fourth-order valence-electron chi connectivity index (χ4n) is 8.84. The number of aromatic nitrogens is 3. The zero-order chi connectivity index (χ0) is 43.3. The smallest absolute Gasteiger partial charge is 0.193 e. The van der Waals surface area contributed by atoms with Gasteiger partial charge < -0.3 is 39.0 Å². The number of rotatable bonds is 25. The van der Waals surface area contributed by atoms with Crippen molar-refractivity contribution in [2.45, 2.75) is 90.4 Å². The average molecular weight is 856 g/mol. The summed E-state index contributed by atoms with van der Waals surface area (Å²) in [4.78, 5) is 43.1. The highest BCUT2D eigenvalue weighted by Crippen LogP contribution is 2.39. The first kappa shape index (κ1) is 45.7. The molecule has 2 atom stereocenters. The van der Waals surface area contributed by atoms with Crippen LogP contribution in [0.2, 0.25) is 0 Å². The molecule has 2 aliphatic heterocycles. The number of ether oxygens (including phenoxy) is 4. The molecule has 0 spiro atoms. The molecule has 62 heavy (non-hydrogen) atoms. The average Bonchev–Trinajstić information content (AvgIpc) is 4.02. The molecule has 1 aromatic carbocycles. The van der Waals surface area contributed by atoms with Gasteiger partial charge in [-0.05, 0) is 100 Å². The Labute approximate surface area is 365 Å². The molecule has 1 aliphatic carbocycles. The Morgan fingerprint density at radius 2 is 1.58 bits per heavy atom. The summed E-state index contributed by atoms with van der Waals surface area (Å²) in [6.45, 7) is 12.6. The number of nitrogens with two attached hydrogens (primary N) is 1. The van der Waals surface area contributed by atoms with Gasteiger partial charge in [0.2, 0.25) is 0 Å². The van der Waals surface area contributed by atoms with E-state index in [0.29, 0.717) is 121 Å². The Kier molecular flexibility index (Phi) is 16.9. The van der Waals surface area contributed by atoms with Crippen molar-refractivity contribution >= 4 is 28.1 Å². The highest BCUT2D eigenvalue weighted by atomic mass is 19.1. The number of anilines is 2. The third kappa shape index (κ3) is 12.9. The maximum atomic E-state index is 16.2. The van der Waals surface area contributed by atoms with Crippen molar-refractivity contribution in [3.8, 4) is 0 Å². The molecule has 2 saturated heterocycles. The number of piperidine rings is 1. The lowest BCUT2D eigenvalue weighted by molar-refractivity contribution is -0.120. The molecular weight excluding hydrogens is 790 g/mol. The van der Waals surface area contributed by atoms with Crippen molar-refractivity contribution in [1.82, 2.24) is 19.4 Å². The summed E-state index contributed by atoms with van der Waals surface area (Å²) < 4.78 is 40.3. The minimum Gasteiger partial charge on any atom is -0.379 e. The van der Waals surface area contributed by atoms with Gasteiger partial charge in [-0.1, -0.05) is 0 Å². The third-order valence-electron chi connectivity index (χ3n) is 12.4. The Balaban J connectivity index is 0.952. The van der Waals surface area contributed by atoms with Gasteiger partial charge >= 0.3 is 0 Å². The van der Waals surface area contributed by atoms with E-state index in [2.05, 4.69) is 59.7 Å². The second kappa shape index (κ2) is 22.9. The minimum absolute atomic E-state index is 0.103. The van der Waals surface area contributed by atoms with Crippen LogP contribution in [0.1, 0.15) is 79.9 Å². The Bertz CT molecular complexity index is 2110. The Morgan fingerprint density at radius 3 is 2.29 bits per heavy atom. The van der Waals surface area contributed by atoms with Gasteiger partial charge in [-0.2, -0.15) is 0 Å². The van der Waals surface area contributed by atoms with Gasteiger partial charge in [-0.25, -0.2) is 4.39 Å². The van der Waals surface area contributed by atoms with E-state index in [1.807, 2.05) is 32.3 Å². The van der Waals surface area contributed by atoms with E-state index >= 15 is 4.39 Å². The first-order valence-corrected chi connectivity index (χ1v) is 22.7. The molecule has 5 heterocycles. The van der Waals surface area contributed by atoms with E-state index in [4.69, 9.17) is 24.7 Å². The van der Waals surface area contributed by atoms with Crippen LogP contribution in [0.5, 0.6) is 0 Å². The number of hydrogen-bond acceptors (Lipinski definition) is 12. The zero-order valence-electron chi connectivity index (χ0n) is 36.8. The molecule has 3 fully saturated rings. The first-order chi connectivity index (χ1) is 30.2. The predicted molar refractivity (Wildman–Crippen MR) is 240 cm³/mol. The predicted octanol–water partition coefficient (Wildman–Crippen LogP) is 6.14. The number of nitrogens with zero attached hydrogens (tertiary/aromatic N) is 6. The van der Waals surface area contributed by atoms with Crippen molar-refractivity contribution in [3.05, 3.63) is 93.5 Å². The monoisotopic (exact) mass is 856 g/mol. The Morgan fingerprint density at radius 1 is 0.823 bits per heavy atom. The van der Waals surface area contributed by atoms with Crippen LogP contribution in [0.25, 0.3) is 10.9 Å². The largest absolute Gasteiger partial charge is 0.379 e. The lowest BCUT2D eigenvalue weighted by Crippen LogP contribution is -2.48. The van der Waals surface area contributed by atoms with Crippen molar-refractivity contribution in [3.63, 3.8) is 0 Å². The molecule has 0 amide bonds. The van der Waals surface area contributed by atoms with Crippen LogP contribution in [-0.2, 0) is 36.8 Å². The molecule has 2 N–H and O–H groups in total. The van der Waals surface area contributed by atoms with E-state index in [-0.39, 0.29) is 29.1 Å². The fourth-order valence-corrected chi connectivity index (χ4v) is 8.84. The molecule has 3 aromatic heterocycles. The summed E-state index contributed by atoms with van der Waals surface area (Å²) in [6, 6.07) is 12.3. The lowest BCUT2D eigenvalue weighted by atomic mass is 10.00. The SMILES string of the molecule is Cc1ccc(N2CCC[C@H](N(Cc3ccnc(C)c3)Cc3cn(C4CC4)c4cc(N5CC[C@H](CCC(=O)CCOCCOCCOCCOCCN)C5)c(F)cc4c3=O)C2)cn1. The molecule has 4 aromatic rings. The number of Topliss-reactive ketones (excluding diaryl/α,β-unsaturated/α-hetero) is 1. The number of fused-ring (bicyclic) bond motifs is 1. The van der Waals surface area contributed by atoms with Crippen LogP contribution in [0.3, 0.4) is 0 Å². The number of carbonyl (C=O) groups excluding carboxylic acids is 1. The number of halogens is 1. The molecule has 0 unspecified atom stereocenters. The standard InChI is InChI=1S/C48H66FN7O6/c1-35-5-7-41(29-52-35)53-16-3-4-42(34-53)55(31-38-11-15-51-36(2)26-38)32-39-33-56(40-8-9-40)46-28-47(45(49)27-44(46)48(39)58)54-17-12-37(30-54)6-10-43(57)13-18-59-20-22-61-24-25-62-23-21-60-19-14-50/h5,7,11,15,26-29,33,37,40,42H,3-4,6,8-10,12-14,16-25,30-32,34,50H2,1-2H3/t37-,42-/m0/s1. The van der Waals surface area contributed by atoms with Crippen LogP contribution in [0.15, 0.2) is 59.8 Å². The van der Waals surface area contributed by atoms with E-state index < -0.39 is 0 Å². The van der Waals surface area contributed by atoms with Crippen LogP contribution in [-0.4, -0.2) is 117 Å². The quantitative estimate of drug-likeness (QED) is 0.0767. The maximum Gasteiger partial charge on any atom is 0.193 e. The van der Waals surface area contributed by atoms with Crippen LogP contribution >= 0.6 is 0 Å². The van der Waals surface area contributed by atoms with Gasteiger partial charge in [0.25, 0.3) is 0 Å². The van der Waals surface area contributed by atoms with Crippen molar-refractivity contribution < 1.29 is 28.1 Å². The highest BCUT2D eigenvalue weighted by Gasteiger charge is 2.31. The summed E-state index contributed by atoms with van der Waals surface area (Å²) >= 11 is 0. The number of aryl methyl sites for hydroxylation is 2. The summed E-state index contributed by atoms with van der Waals surface area (Å²) in [5, 5.41) is 0.441. The summed E-state index contributed by atoms with van der Waals surface area (Å²) in [7, 11) is 0. The summed E-state index contributed by atoms with van der Waals surface area (Å²) in [5.74, 6) is 0.0970. The molecule has 7 rings (SSSR count). The second-order valence-electron chi connectivity index (χ2n) is 17.2. The summed E-state index contributed by atoms with van der Waals surface area (Å²) in [5.41, 5.74) is 11.5. The van der Waals surface area contributed by atoms with Crippen molar-refractivity contribution in [2.24, 2.45) is 11.7 Å². The molecule has 336 valence electrons. The topological polar surface area (TPSA) is 138 Å².